The lowest BCUT2D eigenvalue weighted by Gasteiger charge is -2.44. The first-order valence-electron chi connectivity index (χ1n) is 7.83. The van der Waals surface area contributed by atoms with Crippen molar-refractivity contribution in [2.75, 3.05) is 18.0 Å². The van der Waals surface area contributed by atoms with Crippen molar-refractivity contribution in [1.29, 1.82) is 0 Å². The SMILES string of the molecule is CC(C)CC1CN(c2ccc(Cl)cc2F)C(C(C)C)CN1. The molecule has 2 rings (SSSR count). The molecule has 0 aromatic heterocycles. The first-order chi connectivity index (χ1) is 9.88. The zero-order valence-electron chi connectivity index (χ0n) is 13.4. The molecule has 1 aliphatic rings. The molecule has 1 fully saturated rings. The molecule has 2 nitrogen and oxygen atoms in total. The van der Waals surface area contributed by atoms with Crippen LogP contribution in [0.4, 0.5) is 10.1 Å². The standard InChI is InChI=1S/C17H26ClFN2/c1-11(2)7-14-10-21(17(9-20-14)12(3)4)16-6-5-13(18)8-15(16)19/h5-6,8,11-12,14,17,20H,7,9-10H2,1-4H3. The van der Waals surface area contributed by atoms with Crippen LogP contribution in [0.1, 0.15) is 34.1 Å². The Labute approximate surface area is 132 Å². The zero-order chi connectivity index (χ0) is 15.6. The van der Waals surface area contributed by atoms with Gasteiger partial charge in [0.05, 0.1) is 5.69 Å². The van der Waals surface area contributed by atoms with Crippen LogP contribution in [0.5, 0.6) is 0 Å². The molecule has 0 amide bonds. The summed E-state index contributed by atoms with van der Waals surface area (Å²) in [7, 11) is 0. The predicted molar refractivity (Wildman–Crippen MR) is 88.6 cm³/mol. The Balaban J connectivity index is 2.25. The van der Waals surface area contributed by atoms with Crippen molar-refractivity contribution in [1.82, 2.24) is 5.32 Å². The van der Waals surface area contributed by atoms with Gasteiger partial charge in [-0.25, -0.2) is 4.39 Å². The van der Waals surface area contributed by atoms with Crippen LogP contribution < -0.4 is 10.2 Å². The fourth-order valence-corrected chi connectivity index (χ4v) is 3.31. The Hall–Kier alpha value is -0.800. The second kappa shape index (κ2) is 6.97. The van der Waals surface area contributed by atoms with Crippen LogP contribution in [0.15, 0.2) is 18.2 Å². The molecule has 1 aromatic carbocycles. The van der Waals surface area contributed by atoms with E-state index in [2.05, 4.69) is 37.9 Å². The van der Waals surface area contributed by atoms with E-state index in [1.54, 1.807) is 6.07 Å². The number of rotatable bonds is 4. The third kappa shape index (κ3) is 4.10. The van der Waals surface area contributed by atoms with E-state index in [4.69, 9.17) is 11.6 Å². The summed E-state index contributed by atoms with van der Waals surface area (Å²) in [4.78, 5) is 2.22. The minimum atomic E-state index is -0.224. The van der Waals surface area contributed by atoms with Gasteiger partial charge in [-0.05, 0) is 36.5 Å². The molecule has 1 aromatic rings. The Kier molecular flexibility index (Phi) is 5.50. The summed E-state index contributed by atoms with van der Waals surface area (Å²) in [5.41, 5.74) is 0.674. The molecular formula is C17H26ClFN2. The Morgan fingerprint density at radius 2 is 2.05 bits per heavy atom. The van der Waals surface area contributed by atoms with Crippen LogP contribution in [0.25, 0.3) is 0 Å². The molecule has 0 saturated carbocycles. The van der Waals surface area contributed by atoms with Crippen molar-refractivity contribution >= 4 is 17.3 Å². The summed E-state index contributed by atoms with van der Waals surface area (Å²) in [6, 6.07) is 5.72. The van der Waals surface area contributed by atoms with Gasteiger partial charge in [0.25, 0.3) is 0 Å². The van der Waals surface area contributed by atoms with Gasteiger partial charge in [-0.3, -0.25) is 0 Å². The van der Waals surface area contributed by atoms with Gasteiger partial charge in [-0.2, -0.15) is 0 Å². The normalized spacial score (nSPS) is 23.1. The summed E-state index contributed by atoms with van der Waals surface area (Å²) in [6.07, 6.45) is 1.11. The van der Waals surface area contributed by atoms with Crippen molar-refractivity contribution < 1.29 is 4.39 Å². The van der Waals surface area contributed by atoms with Gasteiger partial charge in [-0.1, -0.05) is 39.3 Å². The smallest absolute Gasteiger partial charge is 0.147 e. The summed E-state index contributed by atoms with van der Waals surface area (Å²) >= 11 is 5.88. The van der Waals surface area contributed by atoms with E-state index >= 15 is 0 Å². The molecule has 21 heavy (non-hydrogen) atoms. The molecule has 1 N–H and O–H groups in total. The average Bonchev–Trinajstić information content (AvgIpc) is 2.37. The van der Waals surface area contributed by atoms with Crippen molar-refractivity contribution in [3.63, 3.8) is 0 Å². The average molecular weight is 313 g/mol. The third-order valence-electron chi connectivity index (χ3n) is 4.18. The number of nitrogens with one attached hydrogen (secondary N) is 1. The summed E-state index contributed by atoms with van der Waals surface area (Å²) in [5.74, 6) is 0.876. The molecule has 118 valence electrons. The highest BCUT2D eigenvalue weighted by Crippen LogP contribution is 2.29. The fraction of sp³-hybridized carbons (Fsp3) is 0.647. The summed E-state index contributed by atoms with van der Waals surface area (Å²) in [5, 5.41) is 4.07. The van der Waals surface area contributed by atoms with Crippen molar-refractivity contribution in [2.45, 2.75) is 46.2 Å². The number of anilines is 1. The Morgan fingerprint density at radius 3 is 2.62 bits per heavy atom. The highest BCUT2D eigenvalue weighted by Gasteiger charge is 2.31. The first kappa shape index (κ1) is 16.6. The van der Waals surface area contributed by atoms with E-state index in [9.17, 15) is 4.39 Å². The second-order valence-corrected chi connectivity index (χ2v) is 7.23. The van der Waals surface area contributed by atoms with Gasteiger partial charge >= 0.3 is 0 Å². The van der Waals surface area contributed by atoms with E-state index < -0.39 is 0 Å². The maximum atomic E-state index is 14.3. The number of nitrogens with zero attached hydrogens (tertiary/aromatic N) is 1. The van der Waals surface area contributed by atoms with Crippen LogP contribution in [-0.4, -0.2) is 25.2 Å². The number of hydrogen-bond acceptors (Lipinski definition) is 2. The molecule has 1 heterocycles. The number of hydrogen-bond donors (Lipinski definition) is 1. The van der Waals surface area contributed by atoms with Crippen molar-refractivity contribution in [2.24, 2.45) is 11.8 Å². The molecule has 0 aliphatic carbocycles. The zero-order valence-corrected chi connectivity index (χ0v) is 14.1. The molecule has 0 radical (unpaired) electrons. The van der Waals surface area contributed by atoms with Crippen LogP contribution in [0, 0.1) is 17.7 Å². The molecule has 1 aliphatic heterocycles. The van der Waals surface area contributed by atoms with Crippen LogP contribution >= 0.6 is 11.6 Å². The largest absolute Gasteiger partial charge is 0.363 e. The highest BCUT2D eigenvalue weighted by molar-refractivity contribution is 6.30. The number of piperazine rings is 1. The lowest BCUT2D eigenvalue weighted by molar-refractivity contribution is 0.308. The van der Waals surface area contributed by atoms with Gasteiger partial charge in [-0.15, -0.1) is 0 Å². The lowest BCUT2D eigenvalue weighted by Crippen LogP contribution is -2.59. The quantitative estimate of drug-likeness (QED) is 0.890. The van der Waals surface area contributed by atoms with Crippen molar-refractivity contribution in [3.05, 3.63) is 29.0 Å². The van der Waals surface area contributed by atoms with Gasteiger partial charge in [0, 0.05) is 30.2 Å². The van der Waals surface area contributed by atoms with Crippen LogP contribution in [0.3, 0.4) is 0 Å². The third-order valence-corrected chi connectivity index (χ3v) is 4.41. The van der Waals surface area contributed by atoms with Gasteiger partial charge in [0.15, 0.2) is 0 Å². The molecular weight excluding hydrogens is 287 g/mol. The molecule has 1 saturated heterocycles. The molecule has 0 spiro atoms. The molecule has 0 bridgehead atoms. The Morgan fingerprint density at radius 1 is 1.33 bits per heavy atom. The Bertz CT molecular complexity index is 476. The maximum Gasteiger partial charge on any atom is 0.147 e. The fourth-order valence-electron chi connectivity index (χ4n) is 3.15. The van der Waals surface area contributed by atoms with Gasteiger partial charge in [0.1, 0.15) is 5.82 Å². The van der Waals surface area contributed by atoms with Crippen LogP contribution in [-0.2, 0) is 0 Å². The van der Waals surface area contributed by atoms with Gasteiger partial charge in [0.2, 0.25) is 0 Å². The molecule has 4 heteroatoms. The first-order valence-corrected chi connectivity index (χ1v) is 8.21. The predicted octanol–water partition coefficient (Wildman–Crippen LogP) is 4.33. The van der Waals surface area contributed by atoms with Crippen molar-refractivity contribution in [3.8, 4) is 0 Å². The summed E-state index contributed by atoms with van der Waals surface area (Å²) in [6.45, 7) is 10.6. The monoisotopic (exact) mass is 312 g/mol. The number of benzene rings is 1. The highest BCUT2D eigenvalue weighted by atomic mass is 35.5. The van der Waals surface area contributed by atoms with Gasteiger partial charge < -0.3 is 10.2 Å². The van der Waals surface area contributed by atoms with E-state index in [0.29, 0.717) is 34.6 Å². The van der Waals surface area contributed by atoms with E-state index in [1.165, 1.54) is 6.07 Å². The number of halogens is 2. The molecule has 2 unspecified atom stereocenters. The second-order valence-electron chi connectivity index (χ2n) is 6.79. The minimum absolute atomic E-state index is 0.224. The topological polar surface area (TPSA) is 15.3 Å². The maximum absolute atomic E-state index is 14.3. The minimum Gasteiger partial charge on any atom is -0.363 e. The lowest BCUT2D eigenvalue weighted by atomic mass is 9.94. The van der Waals surface area contributed by atoms with E-state index in [-0.39, 0.29) is 5.82 Å². The molecule has 2 atom stereocenters. The van der Waals surface area contributed by atoms with E-state index in [0.717, 1.165) is 19.5 Å². The van der Waals surface area contributed by atoms with Crippen LogP contribution in [0.2, 0.25) is 5.02 Å². The van der Waals surface area contributed by atoms with E-state index in [1.807, 2.05) is 6.07 Å². The summed E-state index contributed by atoms with van der Waals surface area (Å²) < 4.78 is 14.3.